The van der Waals surface area contributed by atoms with Gasteiger partial charge in [-0.1, -0.05) is 13.8 Å². The minimum Gasteiger partial charge on any atom is -0.619 e. The van der Waals surface area contributed by atoms with E-state index in [9.17, 15) is 28.0 Å². The van der Waals surface area contributed by atoms with Gasteiger partial charge in [0.05, 0.1) is 12.6 Å². The second-order valence-corrected chi connectivity index (χ2v) is 9.94. The van der Waals surface area contributed by atoms with Crippen molar-refractivity contribution in [3.8, 4) is 0 Å². The number of amides is 2. The van der Waals surface area contributed by atoms with Gasteiger partial charge in [-0.05, 0) is 18.9 Å². The van der Waals surface area contributed by atoms with Crippen molar-refractivity contribution < 1.29 is 27.5 Å². The first kappa shape index (κ1) is 21.2. The van der Waals surface area contributed by atoms with Gasteiger partial charge in [0.1, 0.15) is 10.9 Å². The SMILES string of the molecule is CC(C)(CCC(=O)N1CCC2C1C(=O)CN2S(=O)(=O)c1ccc[n+]([O-])c1)C(N)=O. The number of fused-ring (bicyclic) bond motifs is 1. The minimum atomic E-state index is -4.05. The summed E-state index contributed by atoms with van der Waals surface area (Å²) in [6.07, 6.45) is 2.70. The molecule has 0 aliphatic carbocycles. The molecule has 11 heteroatoms. The molecule has 2 amide bonds. The third-order valence-electron chi connectivity index (χ3n) is 5.68. The van der Waals surface area contributed by atoms with Gasteiger partial charge in [-0.15, -0.1) is 0 Å². The Bertz CT molecular complexity index is 961. The largest absolute Gasteiger partial charge is 0.619 e. The molecule has 2 aliphatic heterocycles. The Hall–Kier alpha value is -2.53. The summed E-state index contributed by atoms with van der Waals surface area (Å²) in [4.78, 5) is 37.9. The zero-order valence-corrected chi connectivity index (χ0v) is 17.1. The maximum atomic E-state index is 13.0. The molecule has 0 spiro atoms. The van der Waals surface area contributed by atoms with E-state index in [-0.39, 0.29) is 42.5 Å². The van der Waals surface area contributed by atoms with Gasteiger partial charge in [-0.2, -0.15) is 9.04 Å². The Balaban J connectivity index is 1.77. The lowest BCUT2D eigenvalue weighted by atomic mass is 9.87. The van der Waals surface area contributed by atoms with Crippen LogP contribution in [-0.2, 0) is 24.4 Å². The number of pyridine rings is 1. The number of sulfonamides is 1. The zero-order valence-electron chi connectivity index (χ0n) is 16.3. The molecule has 29 heavy (non-hydrogen) atoms. The number of hydrogen-bond acceptors (Lipinski definition) is 6. The van der Waals surface area contributed by atoms with Crippen molar-refractivity contribution in [1.82, 2.24) is 9.21 Å². The summed E-state index contributed by atoms with van der Waals surface area (Å²) in [5.74, 6) is -1.18. The second-order valence-electron chi connectivity index (χ2n) is 8.05. The first-order valence-corrected chi connectivity index (χ1v) is 10.7. The molecule has 0 saturated carbocycles. The van der Waals surface area contributed by atoms with Crippen LogP contribution in [0, 0.1) is 10.6 Å². The summed E-state index contributed by atoms with van der Waals surface area (Å²) < 4.78 is 27.4. The third kappa shape index (κ3) is 3.84. The molecule has 2 atom stereocenters. The first-order chi connectivity index (χ1) is 13.4. The molecular weight excluding hydrogens is 400 g/mol. The number of primary amides is 1. The lowest BCUT2D eigenvalue weighted by Crippen LogP contribution is -2.44. The Labute approximate surface area is 168 Å². The fraction of sp³-hybridized carbons (Fsp3) is 0.556. The summed E-state index contributed by atoms with van der Waals surface area (Å²) >= 11 is 0. The molecule has 158 valence electrons. The highest BCUT2D eigenvalue weighted by atomic mass is 32.2. The Morgan fingerprint density at radius 1 is 1.38 bits per heavy atom. The minimum absolute atomic E-state index is 0.0358. The summed E-state index contributed by atoms with van der Waals surface area (Å²) in [6.45, 7) is 3.19. The number of carbonyl (C=O) groups is 3. The van der Waals surface area contributed by atoms with Crippen LogP contribution < -0.4 is 10.5 Å². The van der Waals surface area contributed by atoms with Crippen molar-refractivity contribution in [2.45, 2.75) is 50.1 Å². The van der Waals surface area contributed by atoms with E-state index in [1.165, 1.54) is 23.2 Å². The number of ketones is 1. The topological polar surface area (TPSA) is 145 Å². The lowest BCUT2D eigenvalue weighted by Gasteiger charge is -2.26. The van der Waals surface area contributed by atoms with Crippen LogP contribution in [0.3, 0.4) is 0 Å². The molecule has 3 heterocycles. The van der Waals surface area contributed by atoms with Gasteiger partial charge < -0.3 is 15.8 Å². The molecule has 2 unspecified atom stereocenters. The molecule has 2 N–H and O–H groups in total. The van der Waals surface area contributed by atoms with Gasteiger partial charge in [-0.3, -0.25) is 14.4 Å². The highest BCUT2D eigenvalue weighted by Gasteiger charge is 2.53. The number of aromatic nitrogens is 1. The highest BCUT2D eigenvalue weighted by Crippen LogP contribution is 2.34. The third-order valence-corrected chi connectivity index (χ3v) is 7.54. The molecule has 2 saturated heterocycles. The van der Waals surface area contributed by atoms with E-state index >= 15 is 0 Å². The quantitative estimate of drug-likeness (QED) is 0.465. The number of nitrogens with zero attached hydrogens (tertiary/aromatic N) is 3. The summed E-state index contributed by atoms with van der Waals surface area (Å²) in [6, 6.07) is 1.10. The van der Waals surface area contributed by atoms with Crippen molar-refractivity contribution in [3.63, 3.8) is 0 Å². The van der Waals surface area contributed by atoms with E-state index in [1.807, 2.05) is 0 Å². The molecule has 0 radical (unpaired) electrons. The Morgan fingerprint density at radius 2 is 2.07 bits per heavy atom. The number of hydrogen-bond donors (Lipinski definition) is 1. The predicted molar refractivity (Wildman–Crippen MR) is 100 cm³/mol. The second kappa shape index (κ2) is 7.38. The van der Waals surface area contributed by atoms with Crippen molar-refractivity contribution in [3.05, 3.63) is 29.7 Å². The van der Waals surface area contributed by atoms with Gasteiger partial charge in [0.25, 0.3) is 0 Å². The van der Waals surface area contributed by atoms with Gasteiger partial charge in [-0.25, -0.2) is 8.42 Å². The molecule has 0 bridgehead atoms. The monoisotopic (exact) mass is 424 g/mol. The molecule has 1 aromatic rings. The molecule has 0 aromatic carbocycles. The van der Waals surface area contributed by atoms with Crippen molar-refractivity contribution in [1.29, 1.82) is 0 Å². The maximum Gasteiger partial charge on any atom is 0.249 e. The van der Waals surface area contributed by atoms with Crippen LogP contribution in [0.25, 0.3) is 0 Å². The Morgan fingerprint density at radius 3 is 2.69 bits per heavy atom. The first-order valence-electron chi connectivity index (χ1n) is 9.28. The summed E-state index contributed by atoms with van der Waals surface area (Å²) in [7, 11) is -4.05. The molecule has 3 rings (SSSR count). The van der Waals surface area contributed by atoms with Crippen molar-refractivity contribution in [2.75, 3.05) is 13.1 Å². The molecule has 10 nitrogen and oxygen atoms in total. The van der Waals surface area contributed by atoms with Crippen molar-refractivity contribution >= 4 is 27.6 Å². The standard InChI is InChI=1S/C18H24N4O6S/c1-18(2,17(19)25)7-5-15(24)21-9-6-13-16(21)14(23)11-22(13)29(27,28)12-4-3-8-20(26)10-12/h3-4,8,10,13,16H,5-7,9,11H2,1-2H3,(H2,19,25). The van der Waals surface area contributed by atoms with Crippen LogP contribution in [-0.4, -0.2) is 60.4 Å². The van der Waals surface area contributed by atoms with Crippen LogP contribution in [0.4, 0.5) is 0 Å². The van der Waals surface area contributed by atoms with E-state index in [0.717, 1.165) is 10.5 Å². The average Bonchev–Trinajstić information content (AvgIpc) is 3.21. The van der Waals surface area contributed by atoms with E-state index in [4.69, 9.17) is 5.73 Å². The maximum absolute atomic E-state index is 13.0. The number of carbonyl (C=O) groups excluding carboxylic acids is 3. The van der Waals surface area contributed by atoms with E-state index in [1.54, 1.807) is 13.8 Å². The fourth-order valence-corrected chi connectivity index (χ4v) is 5.41. The molecule has 2 aliphatic rings. The molecule has 1 aromatic heterocycles. The van der Waals surface area contributed by atoms with Crippen LogP contribution >= 0.6 is 0 Å². The van der Waals surface area contributed by atoms with E-state index in [2.05, 4.69) is 0 Å². The summed E-state index contributed by atoms with van der Waals surface area (Å²) in [5.41, 5.74) is 4.48. The summed E-state index contributed by atoms with van der Waals surface area (Å²) in [5, 5.41) is 11.5. The van der Waals surface area contributed by atoms with Crippen LogP contribution in [0.15, 0.2) is 29.4 Å². The average molecular weight is 424 g/mol. The number of rotatable bonds is 6. The Kier molecular flexibility index (Phi) is 5.39. The van der Waals surface area contributed by atoms with Gasteiger partial charge in [0.15, 0.2) is 18.2 Å². The normalized spacial score (nSPS) is 22.7. The van der Waals surface area contributed by atoms with E-state index in [0.29, 0.717) is 11.2 Å². The molecule has 2 fully saturated rings. The van der Waals surface area contributed by atoms with Crippen LogP contribution in [0.2, 0.25) is 0 Å². The number of nitrogens with two attached hydrogens (primary N) is 1. The van der Waals surface area contributed by atoms with Crippen LogP contribution in [0.5, 0.6) is 0 Å². The van der Waals surface area contributed by atoms with Crippen LogP contribution in [0.1, 0.15) is 33.1 Å². The number of Topliss-reactive ketones (excluding diaryl/α,β-unsaturated/α-hetero) is 1. The van der Waals surface area contributed by atoms with Gasteiger partial charge in [0.2, 0.25) is 21.8 Å². The van der Waals surface area contributed by atoms with Gasteiger partial charge >= 0.3 is 0 Å². The zero-order chi connectivity index (χ0) is 21.6. The molecular formula is C18H24N4O6S. The van der Waals surface area contributed by atoms with Gasteiger partial charge in [0, 0.05) is 24.4 Å². The lowest BCUT2D eigenvalue weighted by molar-refractivity contribution is -0.607. The fourth-order valence-electron chi connectivity index (χ4n) is 3.78. The smallest absolute Gasteiger partial charge is 0.249 e. The predicted octanol–water partition coefficient (Wildman–Crippen LogP) is -0.845. The highest BCUT2D eigenvalue weighted by molar-refractivity contribution is 7.89. The van der Waals surface area contributed by atoms with Crippen molar-refractivity contribution in [2.24, 2.45) is 11.1 Å². The van der Waals surface area contributed by atoms with E-state index < -0.39 is 33.4 Å². The number of likely N-dealkylation sites (tertiary alicyclic amines) is 1.